The van der Waals surface area contributed by atoms with Crippen LogP contribution in [0, 0.1) is 0 Å². The van der Waals surface area contributed by atoms with Crippen LogP contribution in [-0.4, -0.2) is 23.4 Å². The summed E-state index contributed by atoms with van der Waals surface area (Å²) in [5.74, 6) is 1.63. The molecule has 0 aliphatic rings. The van der Waals surface area contributed by atoms with Crippen molar-refractivity contribution in [1.29, 1.82) is 0 Å². The van der Waals surface area contributed by atoms with Gasteiger partial charge >= 0.3 is 0 Å². The van der Waals surface area contributed by atoms with Crippen LogP contribution in [0.25, 0.3) is 11.3 Å². The van der Waals surface area contributed by atoms with Gasteiger partial charge in [-0.1, -0.05) is 11.6 Å². The number of rotatable bonds is 4. The normalized spacial score (nSPS) is 10.8. The first kappa shape index (κ1) is 13.5. The summed E-state index contributed by atoms with van der Waals surface area (Å²) in [5, 5.41) is 7.25. The van der Waals surface area contributed by atoms with E-state index < -0.39 is 0 Å². The van der Waals surface area contributed by atoms with E-state index in [4.69, 9.17) is 26.8 Å². The highest BCUT2D eigenvalue weighted by Crippen LogP contribution is 2.38. The van der Waals surface area contributed by atoms with Gasteiger partial charge in [0.1, 0.15) is 5.82 Å². The monoisotopic (exact) mass is 281 g/mol. The fourth-order valence-corrected chi connectivity index (χ4v) is 1.98. The summed E-state index contributed by atoms with van der Waals surface area (Å²) in [7, 11) is 1.58. The van der Waals surface area contributed by atoms with Crippen LogP contribution in [0.4, 0.5) is 5.82 Å². The Bertz CT molecular complexity index is 581. The van der Waals surface area contributed by atoms with E-state index in [0.717, 1.165) is 11.3 Å². The third kappa shape index (κ3) is 2.93. The summed E-state index contributed by atoms with van der Waals surface area (Å²) in [6.45, 7) is 3.89. The quantitative estimate of drug-likeness (QED) is 0.903. The highest BCUT2D eigenvalue weighted by Gasteiger charge is 2.14. The van der Waals surface area contributed by atoms with Gasteiger partial charge in [-0.25, -0.2) is 0 Å². The van der Waals surface area contributed by atoms with Crippen LogP contribution >= 0.6 is 11.6 Å². The number of ether oxygens (including phenoxy) is 2. The number of anilines is 1. The lowest BCUT2D eigenvalue weighted by molar-refractivity contribution is 0.230. The largest absolute Gasteiger partial charge is 0.493 e. The summed E-state index contributed by atoms with van der Waals surface area (Å²) >= 11 is 6.24. The lowest BCUT2D eigenvalue weighted by atomic mass is 10.1. The van der Waals surface area contributed by atoms with Gasteiger partial charge in [0.15, 0.2) is 11.5 Å². The zero-order valence-corrected chi connectivity index (χ0v) is 11.8. The van der Waals surface area contributed by atoms with Crippen molar-refractivity contribution in [2.75, 3.05) is 12.8 Å². The number of nitrogens with two attached hydrogens (primary N) is 1. The molecular formula is C13H16ClN3O2. The van der Waals surface area contributed by atoms with E-state index in [0.29, 0.717) is 22.3 Å². The van der Waals surface area contributed by atoms with Crippen molar-refractivity contribution in [2.24, 2.45) is 0 Å². The second kappa shape index (κ2) is 5.40. The van der Waals surface area contributed by atoms with Crippen LogP contribution in [-0.2, 0) is 0 Å². The van der Waals surface area contributed by atoms with Crippen molar-refractivity contribution in [1.82, 2.24) is 10.2 Å². The van der Waals surface area contributed by atoms with Crippen LogP contribution in [0.3, 0.4) is 0 Å². The predicted molar refractivity (Wildman–Crippen MR) is 75.8 cm³/mol. The van der Waals surface area contributed by atoms with Crippen molar-refractivity contribution >= 4 is 17.4 Å². The number of aromatic amines is 1. The molecule has 0 amide bonds. The number of nitrogens with one attached hydrogen (secondary N) is 1. The zero-order chi connectivity index (χ0) is 14.0. The molecule has 0 saturated carbocycles. The first-order valence-electron chi connectivity index (χ1n) is 5.86. The molecule has 3 N–H and O–H groups in total. The summed E-state index contributed by atoms with van der Waals surface area (Å²) in [6.07, 6.45) is 0.0368. The van der Waals surface area contributed by atoms with Gasteiger partial charge in [0.25, 0.3) is 0 Å². The molecule has 19 heavy (non-hydrogen) atoms. The van der Waals surface area contributed by atoms with E-state index in [-0.39, 0.29) is 6.10 Å². The predicted octanol–water partition coefficient (Wildman–Crippen LogP) is 3.11. The summed E-state index contributed by atoms with van der Waals surface area (Å²) < 4.78 is 11.0. The molecule has 0 atom stereocenters. The molecular weight excluding hydrogens is 266 g/mol. The second-order valence-electron chi connectivity index (χ2n) is 4.36. The van der Waals surface area contributed by atoms with Crippen LogP contribution in [0.2, 0.25) is 5.02 Å². The van der Waals surface area contributed by atoms with Gasteiger partial charge in [-0.15, -0.1) is 0 Å². The van der Waals surface area contributed by atoms with Gasteiger partial charge in [-0.3, -0.25) is 5.10 Å². The third-order valence-electron chi connectivity index (χ3n) is 2.50. The van der Waals surface area contributed by atoms with E-state index in [1.807, 2.05) is 19.9 Å². The zero-order valence-electron chi connectivity index (χ0n) is 11.0. The Hall–Kier alpha value is -1.88. The van der Waals surface area contributed by atoms with E-state index in [2.05, 4.69) is 10.2 Å². The van der Waals surface area contributed by atoms with Crippen LogP contribution in [0.5, 0.6) is 11.5 Å². The minimum atomic E-state index is 0.0368. The summed E-state index contributed by atoms with van der Waals surface area (Å²) in [4.78, 5) is 0. The molecule has 0 unspecified atom stereocenters. The number of methoxy groups -OCH3 is 1. The maximum Gasteiger partial charge on any atom is 0.162 e. The highest BCUT2D eigenvalue weighted by atomic mass is 35.5. The standard InChI is InChI=1S/C13H16ClN3O2/c1-7(2)19-12-4-8(9(14)5-11(12)18-3)10-6-13(15)17-16-10/h4-7H,1-3H3,(H3,15,16,17). The molecule has 1 heterocycles. The lowest BCUT2D eigenvalue weighted by Crippen LogP contribution is -2.07. The van der Waals surface area contributed by atoms with E-state index in [1.54, 1.807) is 19.2 Å². The number of aromatic nitrogens is 2. The number of H-pyrrole nitrogens is 1. The minimum absolute atomic E-state index is 0.0368. The third-order valence-corrected chi connectivity index (χ3v) is 2.82. The molecule has 1 aromatic heterocycles. The number of nitrogens with zero attached hydrogens (tertiary/aromatic N) is 1. The topological polar surface area (TPSA) is 73.2 Å². The van der Waals surface area contributed by atoms with Gasteiger partial charge in [-0.2, -0.15) is 5.10 Å². The Morgan fingerprint density at radius 2 is 2.00 bits per heavy atom. The fraction of sp³-hybridized carbons (Fsp3) is 0.308. The average Bonchev–Trinajstić information content (AvgIpc) is 2.77. The smallest absolute Gasteiger partial charge is 0.162 e. The van der Waals surface area contributed by atoms with E-state index in [9.17, 15) is 0 Å². The van der Waals surface area contributed by atoms with Crippen molar-refractivity contribution in [3.63, 3.8) is 0 Å². The second-order valence-corrected chi connectivity index (χ2v) is 4.76. The highest BCUT2D eigenvalue weighted by molar-refractivity contribution is 6.33. The molecule has 0 saturated heterocycles. The molecule has 0 bridgehead atoms. The fourth-order valence-electron chi connectivity index (χ4n) is 1.72. The molecule has 0 spiro atoms. The molecule has 6 heteroatoms. The van der Waals surface area contributed by atoms with Gasteiger partial charge in [-0.05, 0) is 19.9 Å². The summed E-state index contributed by atoms with van der Waals surface area (Å²) in [5.41, 5.74) is 7.10. The van der Waals surface area contributed by atoms with Gasteiger partial charge in [0.2, 0.25) is 0 Å². The first-order chi connectivity index (χ1) is 9.01. The molecule has 5 nitrogen and oxygen atoms in total. The average molecular weight is 282 g/mol. The van der Waals surface area contributed by atoms with Crippen molar-refractivity contribution in [2.45, 2.75) is 20.0 Å². The Labute approximate surface area is 116 Å². The van der Waals surface area contributed by atoms with Crippen molar-refractivity contribution in [3.05, 3.63) is 23.2 Å². The molecule has 102 valence electrons. The number of benzene rings is 1. The Kier molecular flexibility index (Phi) is 3.85. The first-order valence-corrected chi connectivity index (χ1v) is 6.24. The molecule has 0 aliphatic heterocycles. The number of nitrogen functional groups attached to an aromatic ring is 1. The minimum Gasteiger partial charge on any atom is -0.493 e. The number of hydrogen-bond acceptors (Lipinski definition) is 4. The maximum absolute atomic E-state index is 6.24. The van der Waals surface area contributed by atoms with Gasteiger partial charge in [0.05, 0.1) is 23.9 Å². The molecule has 1 aromatic carbocycles. The maximum atomic E-state index is 6.24. The van der Waals surface area contributed by atoms with Crippen molar-refractivity contribution < 1.29 is 9.47 Å². The Morgan fingerprint density at radius 3 is 2.53 bits per heavy atom. The SMILES string of the molecule is COc1cc(Cl)c(-c2cc(N)n[nH]2)cc1OC(C)C. The lowest BCUT2D eigenvalue weighted by Gasteiger charge is -2.15. The van der Waals surface area contributed by atoms with E-state index in [1.165, 1.54) is 0 Å². The van der Waals surface area contributed by atoms with Gasteiger partial charge < -0.3 is 15.2 Å². The van der Waals surface area contributed by atoms with Crippen LogP contribution in [0.15, 0.2) is 18.2 Å². The number of hydrogen-bond donors (Lipinski definition) is 2. The van der Waals surface area contributed by atoms with Crippen LogP contribution < -0.4 is 15.2 Å². The Balaban J connectivity index is 2.49. The Morgan fingerprint density at radius 1 is 1.26 bits per heavy atom. The van der Waals surface area contributed by atoms with Crippen molar-refractivity contribution in [3.8, 4) is 22.8 Å². The van der Waals surface area contributed by atoms with Crippen LogP contribution in [0.1, 0.15) is 13.8 Å². The summed E-state index contributed by atoms with van der Waals surface area (Å²) in [6, 6.07) is 5.24. The number of halogens is 1. The van der Waals surface area contributed by atoms with E-state index >= 15 is 0 Å². The molecule has 0 aliphatic carbocycles. The molecule has 0 fully saturated rings. The molecule has 2 rings (SSSR count). The van der Waals surface area contributed by atoms with Gasteiger partial charge in [0, 0.05) is 17.7 Å². The molecule has 0 radical (unpaired) electrons. The molecule has 2 aromatic rings.